The van der Waals surface area contributed by atoms with E-state index in [1.807, 2.05) is 0 Å². The Morgan fingerprint density at radius 3 is 2.30 bits per heavy atom. The second kappa shape index (κ2) is 2.25. The van der Waals surface area contributed by atoms with Crippen LogP contribution >= 0.6 is 0 Å². The van der Waals surface area contributed by atoms with Crippen LogP contribution in [0.3, 0.4) is 0 Å². The van der Waals surface area contributed by atoms with Crippen molar-refractivity contribution < 1.29 is 9.59 Å². The van der Waals surface area contributed by atoms with E-state index in [2.05, 4.69) is 0 Å². The van der Waals surface area contributed by atoms with Gasteiger partial charge in [0.25, 0.3) is 5.91 Å². The predicted molar refractivity (Wildman–Crippen MR) is 36.1 cm³/mol. The predicted octanol–water partition coefficient (Wildman–Crippen LogP) is 0.151. The molecule has 0 aromatic rings. The summed E-state index contributed by atoms with van der Waals surface area (Å²) in [4.78, 5) is 21.4. The Morgan fingerprint density at radius 1 is 1.50 bits per heavy atom. The van der Waals surface area contributed by atoms with Gasteiger partial charge < -0.3 is 5.73 Å². The van der Waals surface area contributed by atoms with Gasteiger partial charge in [-0.05, 0) is 13.3 Å². The quantitative estimate of drug-likeness (QED) is 0.526. The van der Waals surface area contributed by atoms with Gasteiger partial charge in [0, 0.05) is 6.42 Å². The molecule has 0 aromatic carbocycles. The van der Waals surface area contributed by atoms with Gasteiger partial charge in [-0.1, -0.05) is 5.57 Å². The van der Waals surface area contributed by atoms with E-state index in [0.29, 0.717) is 12.8 Å². The first-order valence-corrected chi connectivity index (χ1v) is 3.15. The minimum absolute atomic E-state index is 0.106. The lowest BCUT2D eigenvalue weighted by atomic mass is 10.1. The van der Waals surface area contributed by atoms with Crippen molar-refractivity contribution in [3.05, 3.63) is 11.1 Å². The van der Waals surface area contributed by atoms with Crippen molar-refractivity contribution in [2.24, 2.45) is 5.73 Å². The van der Waals surface area contributed by atoms with Crippen LogP contribution in [0, 0.1) is 0 Å². The molecule has 1 amide bonds. The number of carbonyl (C=O) groups is 2. The first-order valence-electron chi connectivity index (χ1n) is 3.15. The van der Waals surface area contributed by atoms with Gasteiger partial charge in [-0.15, -0.1) is 0 Å². The first-order chi connectivity index (χ1) is 4.63. The van der Waals surface area contributed by atoms with Crippen molar-refractivity contribution in [3.8, 4) is 0 Å². The monoisotopic (exact) mass is 139 g/mol. The summed E-state index contributed by atoms with van der Waals surface area (Å²) in [6.07, 6.45) is 1.14. The average Bonchev–Trinajstić information content (AvgIpc) is 2.11. The lowest BCUT2D eigenvalue weighted by molar-refractivity contribution is -0.120. The second-order valence-electron chi connectivity index (χ2n) is 2.44. The van der Waals surface area contributed by atoms with Crippen molar-refractivity contribution in [1.82, 2.24) is 0 Å². The molecule has 0 heterocycles. The summed E-state index contributed by atoms with van der Waals surface area (Å²) in [5.41, 5.74) is 6.01. The molecule has 0 saturated carbocycles. The van der Waals surface area contributed by atoms with Crippen LogP contribution in [0.5, 0.6) is 0 Å². The molecule has 0 unspecified atom stereocenters. The van der Waals surface area contributed by atoms with Crippen LogP contribution in [0.15, 0.2) is 11.1 Å². The highest BCUT2D eigenvalue weighted by Crippen LogP contribution is 2.21. The average molecular weight is 139 g/mol. The third kappa shape index (κ3) is 0.943. The summed E-state index contributed by atoms with van der Waals surface area (Å²) < 4.78 is 0. The Hall–Kier alpha value is -1.12. The molecule has 10 heavy (non-hydrogen) atoms. The normalized spacial score (nSPS) is 18.3. The van der Waals surface area contributed by atoms with E-state index >= 15 is 0 Å². The zero-order valence-electron chi connectivity index (χ0n) is 5.81. The van der Waals surface area contributed by atoms with Crippen LogP contribution < -0.4 is 5.73 Å². The molecule has 0 aromatic heterocycles. The van der Waals surface area contributed by atoms with Crippen LogP contribution in [0.2, 0.25) is 0 Å². The van der Waals surface area contributed by atoms with E-state index in [0.717, 1.165) is 5.57 Å². The number of amides is 1. The third-order valence-corrected chi connectivity index (χ3v) is 1.68. The van der Waals surface area contributed by atoms with Crippen molar-refractivity contribution in [2.75, 3.05) is 0 Å². The highest BCUT2D eigenvalue weighted by atomic mass is 16.2. The number of carbonyl (C=O) groups excluding carboxylic acids is 2. The Labute approximate surface area is 58.9 Å². The largest absolute Gasteiger partial charge is 0.365 e. The Morgan fingerprint density at radius 2 is 2.10 bits per heavy atom. The minimum Gasteiger partial charge on any atom is -0.365 e. The molecule has 1 aliphatic rings. The fourth-order valence-electron chi connectivity index (χ4n) is 1.14. The number of allylic oxidation sites excluding steroid dienone is 1. The number of rotatable bonds is 1. The molecular weight excluding hydrogens is 130 g/mol. The van der Waals surface area contributed by atoms with Gasteiger partial charge in [-0.25, -0.2) is 0 Å². The van der Waals surface area contributed by atoms with Crippen LogP contribution in [0.1, 0.15) is 19.8 Å². The summed E-state index contributed by atoms with van der Waals surface area (Å²) in [6, 6.07) is 0. The molecule has 54 valence electrons. The maximum absolute atomic E-state index is 10.9. The van der Waals surface area contributed by atoms with Gasteiger partial charge in [0.15, 0.2) is 5.78 Å². The minimum atomic E-state index is -0.583. The SMILES string of the molecule is CC1=C(C(N)=O)C(=O)CC1. The third-order valence-electron chi connectivity index (χ3n) is 1.68. The fraction of sp³-hybridized carbons (Fsp3) is 0.429. The van der Waals surface area contributed by atoms with Gasteiger partial charge in [0.05, 0.1) is 5.57 Å². The molecule has 0 radical (unpaired) electrons. The number of ketones is 1. The van der Waals surface area contributed by atoms with Crippen molar-refractivity contribution in [2.45, 2.75) is 19.8 Å². The molecule has 0 fully saturated rings. The molecule has 1 rings (SSSR count). The van der Waals surface area contributed by atoms with E-state index in [1.165, 1.54) is 0 Å². The maximum Gasteiger partial charge on any atom is 0.252 e. The van der Waals surface area contributed by atoms with Gasteiger partial charge in [0.1, 0.15) is 0 Å². The maximum atomic E-state index is 10.9. The molecule has 0 aliphatic heterocycles. The van der Waals surface area contributed by atoms with E-state index in [-0.39, 0.29) is 11.4 Å². The summed E-state index contributed by atoms with van der Waals surface area (Å²) in [7, 11) is 0. The molecule has 3 nitrogen and oxygen atoms in total. The molecule has 2 N–H and O–H groups in total. The van der Waals surface area contributed by atoms with Gasteiger partial charge in [-0.2, -0.15) is 0 Å². The smallest absolute Gasteiger partial charge is 0.252 e. The molecule has 0 saturated heterocycles. The van der Waals surface area contributed by atoms with Gasteiger partial charge in [-0.3, -0.25) is 9.59 Å². The molecular formula is C7H9NO2. The fourth-order valence-corrected chi connectivity index (χ4v) is 1.14. The summed E-state index contributed by atoms with van der Waals surface area (Å²) >= 11 is 0. The summed E-state index contributed by atoms with van der Waals surface area (Å²) in [6.45, 7) is 1.77. The van der Waals surface area contributed by atoms with Gasteiger partial charge >= 0.3 is 0 Å². The summed E-state index contributed by atoms with van der Waals surface area (Å²) in [5.74, 6) is -0.690. The van der Waals surface area contributed by atoms with Crippen molar-refractivity contribution >= 4 is 11.7 Å². The van der Waals surface area contributed by atoms with E-state index in [1.54, 1.807) is 6.92 Å². The Kier molecular flexibility index (Phi) is 1.57. The highest BCUT2D eigenvalue weighted by molar-refractivity contribution is 6.20. The number of nitrogens with two attached hydrogens (primary N) is 1. The lowest BCUT2D eigenvalue weighted by Crippen LogP contribution is -2.18. The Balaban J connectivity index is 2.99. The highest BCUT2D eigenvalue weighted by Gasteiger charge is 2.23. The number of Topliss-reactive ketones (excluding diaryl/α,β-unsaturated/α-hetero) is 1. The first kappa shape index (κ1) is 6.99. The summed E-state index contributed by atoms with van der Waals surface area (Å²) in [5, 5.41) is 0. The van der Waals surface area contributed by atoms with Crippen molar-refractivity contribution in [3.63, 3.8) is 0 Å². The molecule has 0 atom stereocenters. The topological polar surface area (TPSA) is 60.2 Å². The second-order valence-corrected chi connectivity index (χ2v) is 2.44. The van der Waals surface area contributed by atoms with Crippen LogP contribution in [-0.2, 0) is 9.59 Å². The number of hydrogen-bond acceptors (Lipinski definition) is 2. The Bertz CT molecular complexity index is 228. The molecule has 0 spiro atoms. The molecule has 0 bridgehead atoms. The van der Waals surface area contributed by atoms with Crippen molar-refractivity contribution in [1.29, 1.82) is 0 Å². The molecule has 3 heteroatoms. The van der Waals surface area contributed by atoms with Gasteiger partial charge in [0.2, 0.25) is 0 Å². The van der Waals surface area contributed by atoms with Crippen LogP contribution in [-0.4, -0.2) is 11.7 Å². The molecule has 1 aliphatic carbocycles. The van der Waals surface area contributed by atoms with E-state index in [9.17, 15) is 9.59 Å². The van der Waals surface area contributed by atoms with E-state index < -0.39 is 5.91 Å². The number of hydrogen-bond donors (Lipinski definition) is 1. The number of primary amides is 1. The zero-order valence-corrected chi connectivity index (χ0v) is 5.81. The lowest BCUT2D eigenvalue weighted by Gasteiger charge is -1.92. The van der Waals surface area contributed by atoms with Crippen LogP contribution in [0.4, 0.5) is 0 Å². The van der Waals surface area contributed by atoms with E-state index in [4.69, 9.17) is 5.73 Å². The standard InChI is InChI=1S/C7H9NO2/c1-4-2-3-5(9)6(4)7(8)10/h2-3H2,1H3,(H2,8,10). The zero-order chi connectivity index (χ0) is 7.72. The van der Waals surface area contributed by atoms with Crippen LogP contribution in [0.25, 0.3) is 0 Å².